The van der Waals surface area contributed by atoms with Gasteiger partial charge in [-0.05, 0) is 44.1 Å². The zero-order chi connectivity index (χ0) is 11.5. The summed E-state index contributed by atoms with van der Waals surface area (Å²) in [5, 5.41) is 9.26. The summed E-state index contributed by atoms with van der Waals surface area (Å²) < 4.78 is 0. The van der Waals surface area contributed by atoms with Gasteiger partial charge in [-0.15, -0.1) is 0 Å². The predicted molar refractivity (Wildman–Crippen MR) is 63.4 cm³/mol. The van der Waals surface area contributed by atoms with Crippen molar-refractivity contribution in [2.24, 2.45) is 11.8 Å². The van der Waals surface area contributed by atoms with Gasteiger partial charge in [0.2, 0.25) is 0 Å². The van der Waals surface area contributed by atoms with Crippen molar-refractivity contribution in [3.8, 4) is 0 Å². The first-order chi connectivity index (χ1) is 7.66. The zero-order valence-corrected chi connectivity index (χ0v) is 10.2. The van der Waals surface area contributed by atoms with Crippen molar-refractivity contribution in [1.82, 2.24) is 4.90 Å². The Labute approximate surface area is 97.8 Å². The van der Waals surface area contributed by atoms with Crippen molar-refractivity contribution in [2.75, 3.05) is 13.1 Å². The highest BCUT2D eigenvalue weighted by molar-refractivity contribution is 5.73. The number of likely N-dealkylation sites (tertiary alicyclic amines) is 1. The van der Waals surface area contributed by atoms with Gasteiger partial charge in [0, 0.05) is 6.54 Å². The molecular formula is C13H23NO2. The van der Waals surface area contributed by atoms with E-state index in [2.05, 4.69) is 11.8 Å². The van der Waals surface area contributed by atoms with E-state index in [1.165, 1.54) is 25.7 Å². The Morgan fingerprint density at radius 1 is 1.31 bits per heavy atom. The fraction of sp³-hybridized carbons (Fsp3) is 0.923. The second-order valence-corrected chi connectivity index (χ2v) is 5.63. The molecular weight excluding hydrogens is 202 g/mol. The van der Waals surface area contributed by atoms with E-state index in [0.29, 0.717) is 5.92 Å². The molecule has 2 unspecified atom stereocenters. The first-order valence-electron chi connectivity index (χ1n) is 6.63. The first kappa shape index (κ1) is 11.9. The minimum absolute atomic E-state index is 0.218. The number of carboxylic acid groups (broad SMARTS) is 1. The molecule has 1 aliphatic carbocycles. The molecule has 2 aliphatic rings. The van der Waals surface area contributed by atoms with Gasteiger partial charge < -0.3 is 5.11 Å². The third-order valence-corrected chi connectivity index (χ3v) is 4.23. The number of aliphatic carboxylic acids is 1. The van der Waals surface area contributed by atoms with Gasteiger partial charge in [-0.2, -0.15) is 0 Å². The van der Waals surface area contributed by atoms with Crippen molar-refractivity contribution in [2.45, 2.75) is 51.5 Å². The van der Waals surface area contributed by atoms with Gasteiger partial charge in [0.05, 0.1) is 0 Å². The maximum atomic E-state index is 11.2. The monoisotopic (exact) mass is 225 g/mol. The smallest absolute Gasteiger partial charge is 0.320 e. The first-order valence-corrected chi connectivity index (χ1v) is 6.63. The summed E-state index contributed by atoms with van der Waals surface area (Å²) in [5.74, 6) is 0.709. The summed E-state index contributed by atoms with van der Waals surface area (Å²) in [6, 6.07) is -0.218. The molecule has 0 bridgehead atoms. The fourth-order valence-corrected chi connectivity index (χ4v) is 3.19. The van der Waals surface area contributed by atoms with Crippen LogP contribution in [0, 0.1) is 11.8 Å². The summed E-state index contributed by atoms with van der Waals surface area (Å²) in [5.41, 5.74) is 0. The van der Waals surface area contributed by atoms with Crippen molar-refractivity contribution in [3.63, 3.8) is 0 Å². The van der Waals surface area contributed by atoms with E-state index < -0.39 is 5.97 Å². The summed E-state index contributed by atoms with van der Waals surface area (Å²) in [6.45, 7) is 4.17. The quantitative estimate of drug-likeness (QED) is 0.801. The molecule has 0 spiro atoms. The standard InChI is InChI=1S/C13H23NO2/c1-10-6-7-14(12(8-10)13(15)16)9-11-4-2-3-5-11/h10-12H,2-9H2,1H3,(H,15,16). The Morgan fingerprint density at radius 3 is 2.62 bits per heavy atom. The molecule has 0 radical (unpaired) electrons. The summed E-state index contributed by atoms with van der Waals surface area (Å²) in [4.78, 5) is 13.5. The third-order valence-electron chi connectivity index (χ3n) is 4.23. The van der Waals surface area contributed by atoms with Gasteiger partial charge in [0.15, 0.2) is 0 Å². The van der Waals surface area contributed by atoms with E-state index in [9.17, 15) is 9.90 Å². The Kier molecular flexibility index (Phi) is 3.85. The number of hydrogen-bond donors (Lipinski definition) is 1. The van der Waals surface area contributed by atoms with Crippen LogP contribution in [0.1, 0.15) is 45.4 Å². The van der Waals surface area contributed by atoms with Gasteiger partial charge >= 0.3 is 5.97 Å². The van der Waals surface area contributed by atoms with Crippen LogP contribution in [-0.4, -0.2) is 35.1 Å². The highest BCUT2D eigenvalue weighted by atomic mass is 16.4. The van der Waals surface area contributed by atoms with E-state index in [0.717, 1.165) is 31.8 Å². The summed E-state index contributed by atoms with van der Waals surface area (Å²) in [6.07, 6.45) is 7.29. The average Bonchev–Trinajstić information content (AvgIpc) is 2.73. The maximum Gasteiger partial charge on any atom is 0.320 e. The molecule has 2 rings (SSSR count). The van der Waals surface area contributed by atoms with E-state index in [-0.39, 0.29) is 6.04 Å². The predicted octanol–water partition coefficient (Wildman–Crippen LogP) is 2.36. The molecule has 1 heterocycles. The van der Waals surface area contributed by atoms with Crippen LogP contribution in [0.5, 0.6) is 0 Å². The van der Waals surface area contributed by atoms with Gasteiger partial charge in [-0.1, -0.05) is 19.8 Å². The number of nitrogens with zero attached hydrogens (tertiary/aromatic N) is 1. The lowest BCUT2D eigenvalue weighted by molar-refractivity contribution is -0.145. The lowest BCUT2D eigenvalue weighted by Crippen LogP contribution is -2.48. The third kappa shape index (κ3) is 2.76. The number of hydrogen-bond acceptors (Lipinski definition) is 2. The molecule has 1 saturated heterocycles. The number of piperidine rings is 1. The Hall–Kier alpha value is -0.570. The lowest BCUT2D eigenvalue weighted by atomic mass is 9.91. The van der Waals surface area contributed by atoms with Gasteiger partial charge in [-0.3, -0.25) is 9.69 Å². The van der Waals surface area contributed by atoms with Crippen LogP contribution in [0.3, 0.4) is 0 Å². The van der Waals surface area contributed by atoms with Crippen molar-refractivity contribution in [1.29, 1.82) is 0 Å². The molecule has 16 heavy (non-hydrogen) atoms. The van der Waals surface area contributed by atoms with Crippen LogP contribution >= 0.6 is 0 Å². The van der Waals surface area contributed by atoms with Crippen LogP contribution in [0.15, 0.2) is 0 Å². The lowest BCUT2D eigenvalue weighted by Gasteiger charge is -2.37. The van der Waals surface area contributed by atoms with Gasteiger partial charge in [0.25, 0.3) is 0 Å². The molecule has 3 nitrogen and oxygen atoms in total. The van der Waals surface area contributed by atoms with Gasteiger partial charge in [-0.25, -0.2) is 0 Å². The molecule has 2 fully saturated rings. The Balaban J connectivity index is 1.92. The number of carbonyl (C=O) groups is 1. The summed E-state index contributed by atoms with van der Waals surface area (Å²) in [7, 11) is 0. The molecule has 0 aromatic carbocycles. The van der Waals surface area contributed by atoms with Crippen molar-refractivity contribution < 1.29 is 9.90 Å². The molecule has 0 amide bonds. The zero-order valence-electron chi connectivity index (χ0n) is 10.2. The molecule has 1 aliphatic heterocycles. The van der Waals surface area contributed by atoms with E-state index in [4.69, 9.17) is 0 Å². The molecule has 2 atom stereocenters. The SMILES string of the molecule is CC1CCN(CC2CCCC2)C(C(=O)O)C1. The highest BCUT2D eigenvalue weighted by Gasteiger charge is 2.33. The van der Waals surface area contributed by atoms with Crippen LogP contribution in [0.2, 0.25) is 0 Å². The average molecular weight is 225 g/mol. The van der Waals surface area contributed by atoms with Crippen molar-refractivity contribution in [3.05, 3.63) is 0 Å². The highest BCUT2D eigenvalue weighted by Crippen LogP contribution is 2.29. The number of carboxylic acids is 1. The topological polar surface area (TPSA) is 40.5 Å². The van der Waals surface area contributed by atoms with Gasteiger partial charge in [0.1, 0.15) is 6.04 Å². The van der Waals surface area contributed by atoms with Crippen LogP contribution in [0.25, 0.3) is 0 Å². The minimum Gasteiger partial charge on any atom is -0.480 e. The minimum atomic E-state index is -0.621. The second-order valence-electron chi connectivity index (χ2n) is 5.63. The van der Waals surface area contributed by atoms with E-state index in [1.54, 1.807) is 0 Å². The molecule has 1 N–H and O–H groups in total. The second kappa shape index (κ2) is 5.17. The van der Waals surface area contributed by atoms with Crippen LogP contribution < -0.4 is 0 Å². The molecule has 92 valence electrons. The fourth-order valence-electron chi connectivity index (χ4n) is 3.19. The molecule has 0 aromatic rings. The Bertz CT molecular complexity index is 248. The largest absolute Gasteiger partial charge is 0.480 e. The molecule has 3 heteroatoms. The Morgan fingerprint density at radius 2 is 2.00 bits per heavy atom. The van der Waals surface area contributed by atoms with Crippen molar-refractivity contribution >= 4 is 5.97 Å². The van der Waals surface area contributed by atoms with Crippen LogP contribution in [0.4, 0.5) is 0 Å². The molecule has 0 aromatic heterocycles. The number of rotatable bonds is 3. The normalized spacial score (nSPS) is 33.1. The van der Waals surface area contributed by atoms with Crippen LogP contribution in [-0.2, 0) is 4.79 Å². The van der Waals surface area contributed by atoms with E-state index in [1.807, 2.05) is 0 Å². The molecule has 1 saturated carbocycles. The maximum absolute atomic E-state index is 11.2. The van der Waals surface area contributed by atoms with E-state index >= 15 is 0 Å². The summed E-state index contributed by atoms with van der Waals surface area (Å²) >= 11 is 0.